The number of fused-ring (bicyclic) bond motifs is 1. The Kier molecular flexibility index (Phi) is 6.73. The number of sulfone groups is 1. The van der Waals surface area contributed by atoms with Gasteiger partial charge in [0.2, 0.25) is 5.91 Å². The molecule has 0 aliphatic rings. The SMILES string of the molecule is C=C/C(=C\C)S(=O)(=O)CCC(=O)N(Cc1cccnc1)c1nc2cc(F)ccc2s1. The number of allylic oxidation sites excluding steroid dienone is 2. The lowest BCUT2D eigenvalue weighted by molar-refractivity contribution is -0.118. The third-order valence-corrected chi connectivity index (χ3v) is 7.28. The Hall–Kier alpha value is -2.91. The molecule has 3 aromatic rings. The normalized spacial score (nSPS) is 12.1. The Morgan fingerprint density at radius 2 is 2.13 bits per heavy atom. The van der Waals surface area contributed by atoms with E-state index in [1.807, 2.05) is 6.07 Å². The largest absolute Gasteiger partial charge is 0.284 e. The van der Waals surface area contributed by atoms with E-state index in [0.29, 0.717) is 10.6 Å². The highest BCUT2D eigenvalue weighted by atomic mass is 32.2. The topological polar surface area (TPSA) is 80.2 Å². The van der Waals surface area contributed by atoms with Crippen molar-refractivity contribution in [3.63, 3.8) is 0 Å². The van der Waals surface area contributed by atoms with E-state index in [-0.39, 0.29) is 23.6 Å². The maximum absolute atomic E-state index is 13.5. The second-order valence-corrected chi connectivity index (χ2v) is 9.53. The number of aromatic nitrogens is 2. The van der Waals surface area contributed by atoms with Crippen LogP contribution in [0.25, 0.3) is 10.2 Å². The molecule has 6 nitrogen and oxygen atoms in total. The number of halogens is 1. The lowest BCUT2D eigenvalue weighted by atomic mass is 10.2. The number of thiazole rings is 1. The number of carbonyl (C=O) groups is 1. The summed E-state index contributed by atoms with van der Waals surface area (Å²) in [6.45, 7) is 5.28. The van der Waals surface area contributed by atoms with Crippen LogP contribution in [0, 0.1) is 5.82 Å². The average Bonchev–Trinajstić information content (AvgIpc) is 3.14. The molecule has 0 bridgehead atoms. The highest BCUT2D eigenvalue weighted by Crippen LogP contribution is 2.30. The molecule has 0 unspecified atom stereocenters. The maximum atomic E-state index is 13.5. The molecule has 0 spiro atoms. The van der Waals surface area contributed by atoms with Gasteiger partial charge in [-0.3, -0.25) is 14.7 Å². The molecule has 30 heavy (non-hydrogen) atoms. The summed E-state index contributed by atoms with van der Waals surface area (Å²) in [5, 5.41) is 0.372. The Labute approximate surface area is 178 Å². The summed E-state index contributed by atoms with van der Waals surface area (Å²) in [4.78, 5) is 23.0. The zero-order chi connectivity index (χ0) is 21.7. The zero-order valence-corrected chi connectivity index (χ0v) is 17.9. The molecule has 0 saturated carbocycles. The Morgan fingerprint density at radius 1 is 1.33 bits per heavy atom. The number of rotatable bonds is 8. The summed E-state index contributed by atoms with van der Waals surface area (Å²) in [6, 6.07) is 7.80. The molecule has 1 aromatic carbocycles. The van der Waals surface area contributed by atoms with E-state index in [0.717, 1.165) is 10.3 Å². The van der Waals surface area contributed by atoms with Gasteiger partial charge in [0, 0.05) is 24.9 Å². The molecule has 156 valence electrons. The van der Waals surface area contributed by atoms with Crippen LogP contribution in [0.3, 0.4) is 0 Å². The Balaban J connectivity index is 1.90. The van der Waals surface area contributed by atoms with E-state index in [4.69, 9.17) is 0 Å². The van der Waals surface area contributed by atoms with Crippen molar-refractivity contribution in [3.8, 4) is 0 Å². The summed E-state index contributed by atoms with van der Waals surface area (Å²) in [6.07, 6.45) is 5.73. The van der Waals surface area contributed by atoms with Gasteiger partial charge in [-0.2, -0.15) is 0 Å². The van der Waals surface area contributed by atoms with Crippen molar-refractivity contribution in [2.45, 2.75) is 19.9 Å². The smallest absolute Gasteiger partial charge is 0.230 e. The molecular weight excluding hydrogens is 425 g/mol. The molecule has 0 radical (unpaired) electrons. The first-order valence-corrected chi connectivity index (χ1v) is 11.6. The van der Waals surface area contributed by atoms with Gasteiger partial charge >= 0.3 is 0 Å². The van der Waals surface area contributed by atoms with Crippen LogP contribution in [-0.4, -0.2) is 30.0 Å². The molecule has 0 saturated heterocycles. The molecule has 0 N–H and O–H groups in total. The molecular formula is C21H20FN3O3S2. The number of anilines is 1. The van der Waals surface area contributed by atoms with Gasteiger partial charge in [-0.05, 0) is 30.7 Å². The fourth-order valence-electron chi connectivity index (χ4n) is 2.84. The lowest BCUT2D eigenvalue weighted by Gasteiger charge is -2.20. The van der Waals surface area contributed by atoms with Crippen molar-refractivity contribution < 1.29 is 17.6 Å². The highest BCUT2D eigenvalue weighted by Gasteiger charge is 2.24. The third kappa shape index (κ3) is 4.98. The summed E-state index contributed by atoms with van der Waals surface area (Å²) in [5.41, 5.74) is 1.20. The van der Waals surface area contributed by atoms with Crippen LogP contribution >= 0.6 is 11.3 Å². The van der Waals surface area contributed by atoms with E-state index >= 15 is 0 Å². The second-order valence-electron chi connectivity index (χ2n) is 6.41. The standard InChI is InChI=1S/C21H20FN3O3S2/c1-3-17(4-2)30(27,28)11-9-20(26)25(14-15-6-5-10-23-13-15)21-24-18-12-16(22)7-8-19(18)29-21/h3-8,10,12-13H,1,9,11,14H2,2H3/b17-4+. The van der Waals surface area contributed by atoms with Gasteiger partial charge in [0.15, 0.2) is 15.0 Å². The first kappa shape index (κ1) is 21.8. The van der Waals surface area contributed by atoms with Gasteiger partial charge in [-0.1, -0.05) is 36.1 Å². The second kappa shape index (κ2) is 9.27. The minimum Gasteiger partial charge on any atom is -0.284 e. The predicted molar refractivity (Wildman–Crippen MR) is 117 cm³/mol. The summed E-state index contributed by atoms with van der Waals surface area (Å²) >= 11 is 1.24. The maximum Gasteiger partial charge on any atom is 0.230 e. The van der Waals surface area contributed by atoms with Gasteiger partial charge in [0.1, 0.15) is 5.82 Å². The minimum absolute atomic E-state index is 0.0876. The van der Waals surface area contributed by atoms with E-state index in [1.54, 1.807) is 31.5 Å². The van der Waals surface area contributed by atoms with Gasteiger partial charge in [-0.15, -0.1) is 0 Å². The number of hydrogen-bond donors (Lipinski definition) is 0. The fourth-order valence-corrected chi connectivity index (χ4v) is 5.09. The van der Waals surface area contributed by atoms with Crippen LogP contribution in [0.1, 0.15) is 18.9 Å². The van der Waals surface area contributed by atoms with Crippen LogP contribution in [0.5, 0.6) is 0 Å². The quantitative estimate of drug-likeness (QED) is 0.484. The fraction of sp³-hybridized carbons (Fsp3) is 0.190. The van der Waals surface area contributed by atoms with Gasteiger partial charge < -0.3 is 0 Å². The number of nitrogens with zero attached hydrogens (tertiary/aromatic N) is 3. The first-order chi connectivity index (χ1) is 14.3. The predicted octanol–water partition coefficient (Wildman–Crippen LogP) is 4.26. The molecule has 0 fully saturated rings. The molecule has 9 heteroatoms. The number of benzene rings is 1. The lowest BCUT2D eigenvalue weighted by Crippen LogP contribution is -2.31. The van der Waals surface area contributed by atoms with Gasteiger partial charge in [-0.25, -0.2) is 17.8 Å². The van der Waals surface area contributed by atoms with Crippen LogP contribution in [0.2, 0.25) is 0 Å². The van der Waals surface area contributed by atoms with Crippen molar-refractivity contribution in [3.05, 3.63) is 77.7 Å². The van der Waals surface area contributed by atoms with Crippen molar-refractivity contribution in [1.82, 2.24) is 9.97 Å². The van der Waals surface area contributed by atoms with Crippen LogP contribution < -0.4 is 4.90 Å². The van der Waals surface area contributed by atoms with Crippen LogP contribution in [-0.2, 0) is 21.2 Å². The minimum atomic E-state index is -3.62. The van der Waals surface area contributed by atoms with Crippen LogP contribution in [0.4, 0.5) is 9.52 Å². The average molecular weight is 446 g/mol. The Morgan fingerprint density at radius 3 is 2.80 bits per heavy atom. The molecule has 0 aliphatic carbocycles. The number of amides is 1. The molecule has 0 atom stereocenters. The number of hydrogen-bond acceptors (Lipinski definition) is 6. The third-order valence-electron chi connectivity index (χ3n) is 4.36. The summed E-state index contributed by atoms with van der Waals surface area (Å²) in [7, 11) is -3.62. The van der Waals surface area contributed by atoms with Crippen molar-refractivity contribution in [2.24, 2.45) is 0 Å². The van der Waals surface area contributed by atoms with Gasteiger partial charge in [0.25, 0.3) is 0 Å². The van der Waals surface area contributed by atoms with Gasteiger partial charge in [0.05, 0.1) is 27.4 Å². The molecule has 2 aromatic heterocycles. The van der Waals surface area contributed by atoms with Crippen molar-refractivity contribution in [1.29, 1.82) is 0 Å². The summed E-state index contributed by atoms with van der Waals surface area (Å²) in [5.74, 6) is -1.17. The summed E-state index contributed by atoms with van der Waals surface area (Å²) < 4.78 is 39.1. The molecule has 2 heterocycles. The van der Waals surface area contributed by atoms with E-state index in [2.05, 4.69) is 16.5 Å². The molecule has 0 aliphatic heterocycles. The highest BCUT2D eigenvalue weighted by molar-refractivity contribution is 7.95. The zero-order valence-electron chi connectivity index (χ0n) is 16.3. The van der Waals surface area contributed by atoms with Crippen molar-refractivity contribution >= 4 is 42.4 Å². The molecule has 1 amide bonds. The molecule has 3 rings (SSSR count). The van der Waals surface area contributed by atoms with E-state index in [1.165, 1.54) is 40.5 Å². The van der Waals surface area contributed by atoms with Crippen molar-refractivity contribution in [2.75, 3.05) is 10.7 Å². The number of carbonyl (C=O) groups excluding carboxylic acids is 1. The number of pyridine rings is 1. The Bertz CT molecular complexity index is 1200. The van der Waals surface area contributed by atoms with E-state index < -0.39 is 21.6 Å². The monoisotopic (exact) mass is 445 g/mol. The van der Waals surface area contributed by atoms with Crippen LogP contribution in [0.15, 0.2) is 66.4 Å². The van der Waals surface area contributed by atoms with E-state index in [9.17, 15) is 17.6 Å². The first-order valence-electron chi connectivity index (χ1n) is 9.11.